The largest absolute Gasteiger partial charge is 0.302 e. The maximum absolute atomic E-state index is 11.1. The first-order chi connectivity index (χ1) is 11.5. The first kappa shape index (κ1) is 17.0. The second-order valence-corrected chi connectivity index (χ2v) is 7.19. The summed E-state index contributed by atoms with van der Waals surface area (Å²) in [4.78, 5) is 22.5. The van der Waals surface area contributed by atoms with Crippen molar-refractivity contribution in [1.29, 1.82) is 0 Å². The van der Waals surface area contributed by atoms with E-state index >= 15 is 0 Å². The maximum Gasteiger partial charge on any atom is 0.223 e. The van der Waals surface area contributed by atoms with E-state index in [2.05, 4.69) is 25.3 Å². The van der Waals surface area contributed by atoms with Gasteiger partial charge in [-0.05, 0) is 33.2 Å². The van der Waals surface area contributed by atoms with E-state index in [0.717, 1.165) is 37.0 Å². The molecule has 0 unspecified atom stereocenters. The average Bonchev–Trinajstić information content (AvgIpc) is 3.07. The van der Waals surface area contributed by atoms with Crippen LogP contribution in [-0.2, 0) is 17.9 Å². The fraction of sp³-hybridized carbons (Fsp3) is 0.625. The highest BCUT2D eigenvalue weighted by Crippen LogP contribution is 2.23. The lowest BCUT2D eigenvalue weighted by Gasteiger charge is -2.35. The van der Waals surface area contributed by atoms with E-state index in [1.54, 1.807) is 0 Å². The van der Waals surface area contributed by atoms with Gasteiger partial charge in [-0.1, -0.05) is 6.42 Å². The number of carbonyl (C=O) groups is 1. The van der Waals surface area contributed by atoms with Gasteiger partial charge in [0, 0.05) is 24.9 Å². The number of amides is 1. The highest BCUT2D eigenvalue weighted by atomic mass is 32.1. The minimum atomic E-state index is -0.0798. The Morgan fingerprint density at radius 3 is 2.92 bits per heavy atom. The number of nitrogens with one attached hydrogen (secondary N) is 1. The first-order valence-electron chi connectivity index (χ1n) is 8.35. The number of hydrogen-bond donors (Lipinski definition) is 1. The zero-order valence-corrected chi connectivity index (χ0v) is 15.3. The standard InChI is InChI=1S/C16H24N6OS/c1-11-17-12(2)22(20-11)9-15-6-4-5-7-21(15)8-14-10-24-16(19-14)18-13(3)23/h10,15H,4-9H2,1-3H3,(H,18,19,23)/t15-/m0/s1. The third kappa shape index (κ3) is 4.18. The van der Waals surface area contributed by atoms with E-state index in [1.165, 1.54) is 37.5 Å². The van der Waals surface area contributed by atoms with Crippen LogP contribution >= 0.6 is 11.3 Å². The molecule has 1 aliphatic heterocycles. The van der Waals surface area contributed by atoms with Gasteiger partial charge in [0.25, 0.3) is 0 Å². The molecule has 0 aliphatic carbocycles. The van der Waals surface area contributed by atoms with Gasteiger partial charge in [-0.3, -0.25) is 9.69 Å². The van der Waals surface area contributed by atoms with Crippen molar-refractivity contribution >= 4 is 22.4 Å². The molecule has 0 aromatic carbocycles. The Morgan fingerprint density at radius 2 is 2.21 bits per heavy atom. The van der Waals surface area contributed by atoms with Crippen molar-refractivity contribution in [2.75, 3.05) is 11.9 Å². The van der Waals surface area contributed by atoms with Crippen molar-refractivity contribution in [1.82, 2.24) is 24.6 Å². The molecule has 8 heteroatoms. The number of aromatic nitrogens is 4. The lowest BCUT2D eigenvalue weighted by atomic mass is 10.0. The monoisotopic (exact) mass is 348 g/mol. The third-order valence-corrected chi connectivity index (χ3v) is 5.10. The molecule has 1 aliphatic rings. The molecule has 2 aromatic rings. The van der Waals surface area contributed by atoms with Crippen molar-refractivity contribution < 1.29 is 4.79 Å². The SMILES string of the molecule is CC(=O)Nc1nc(CN2CCCC[C@H]2Cn2nc(C)nc2C)cs1. The molecule has 1 atom stereocenters. The van der Waals surface area contributed by atoms with Crippen LogP contribution in [0.1, 0.15) is 43.5 Å². The van der Waals surface area contributed by atoms with Crippen LogP contribution in [0.5, 0.6) is 0 Å². The van der Waals surface area contributed by atoms with Crippen LogP contribution in [0.2, 0.25) is 0 Å². The summed E-state index contributed by atoms with van der Waals surface area (Å²) in [6.07, 6.45) is 3.64. The average molecular weight is 348 g/mol. The number of piperidine rings is 1. The highest BCUT2D eigenvalue weighted by Gasteiger charge is 2.24. The molecule has 1 saturated heterocycles. The molecule has 0 spiro atoms. The number of aryl methyl sites for hydroxylation is 2. The molecular weight excluding hydrogens is 324 g/mol. The van der Waals surface area contributed by atoms with Gasteiger partial charge in [0.15, 0.2) is 5.13 Å². The first-order valence-corrected chi connectivity index (χ1v) is 9.23. The Hall–Kier alpha value is -1.80. The zero-order chi connectivity index (χ0) is 17.1. The van der Waals surface area contributed by atoms with Crippen LogP contribution in [0.25, 0.3) is 0 Å². The topological polar surface area (TPSA) is 75.9 Å². The second-order valence-electron chi connectivity index (χ2n) is 6.33. The second kappa shape index (κ2) is 7.40. The summed E-state index contributed by atoms with van der Waals surface area (Å²) < 4.78 is 2.02. The van der Waals surface area contributed by atoms with Gasteiger partial charge >= 0.3 is 0 Å². The van der Waals surface area contributed by atoms with Crippen molar-refractivity contribution in [2.24, 2.45) is 0 Å². The fourth-order valence-corrected chi connectivity index (χ4v) is 3.95. The molecule has 0 radical (unpaired) electrons. The summed E-state index contributed by atoms with van der Waals surface area (Å²) in [5, 5.41) is 9.96. The van der Waals surface area contributed by atoms with Gasteiger partial charge in [0.2, 0.25) is 5.91 Å². The van der Waals surface area contributed by atoms with Crippen molar-refractivity contribution in [2.45, 2.75) is 59.2 Å². The molecule has 0 saturated carbocycles. The number of nitrogens with zero attached hydrogens (tertiary/aromatic N) is 5. The fourth-order valence-electron chi connectivity index (χ4n) is 3.20. The highest BCUT2D eigenvalue weighted by molar-refractivity contribution is 7.13. The molecular formula is C16H24N6OS. The van der Waals surface area contributed by atoms with Crippen molar-refractivity contribution in [3.05, 3.63) is 22.7 Å². The molecule has 1 amide bonds. The Kier molecular flexibility index (Phi) is 5.25. The Balaban J connectivity index is 1.67. The van der Waals surface area contributed by atoms with Crippen molar-refractivity contribution in [3.8, 4) is 0 Å². The Labute approximate surface area is 146 Å². The Bertz CT molecular complexity index is 709. The molecule has 2 aromatic heterocycles. The maximum atomic E-state index is 11.1. The lowest BCUT2D eigenvalue weighted by Crippen LogP contribution is -2.42. The van der Waals surface area contributed by atoms with E-state index in [9.17, 15) is 4.79 Å². The van der Waals surface area contributed by atoms with E-state index in [0.29, 0.717) is 11.2 Å². The summed E-state index contributed by atoms with van der Waals surface area (Å²) in [6.45, 7) is 8.20. The smallest absolute Gasteiger partial charge is 0.223 e. The Morgan fingerprint density at radius 1 is 1.38 bits per heavy atom. The molecule has 130 valence electrons. The summed E-state index contributed by atoms with van der Waals surface area (Å²) in [5.41, 5.74) is 1.02. The van der Waals surface area contributed by atoms with Gasteiger partial charge in [0.05, 0.1) is 12.2 Å². The number of anilines is 1. The van der Waals surface area contributed by atoms with Crippen LogP contribution in [-0.4, -0.2) is 43.1 Å². The van der Waals surface area contributed by atoms with Gasteiger partial charge in [-0.25, -0.2) is 14.6 Å². The third-order valence-electron chi connectivity index (χ3n) is 4.30. The summed E-state index contributed by atoms with van der Waals surface area (Å²) in [5.74, 6) is 1.72. The molecule has 0 bridgehead atoms. The predicted molar refractivity (Wildman–Crippen MR) is 94.0 cm³/mol. The number of likely N-dealkylation sites (tertiary alicyclic amines) is 1. The van der Waals surface area contributed by atoms with E-state index < -0.39 is 0 Å². The van der Waals surface area contributed by atoms with Gasteiger partial charge in [0.1, 0.15) is 11.6 Å². The normalized spacial score (nSPS) is 18.7. The van der Waals surface area contributed by atoms with Crippen LogP contribution < -0.4 is 5.32 Å². The molecule has 24 heavy (non-hydrogen) atoms. The van der Waals surface area contributed by atoms with E-state index in [4.69, 9.17) is 0 Å². The number of thiazole rings is 1. The molecule has 3 rings (SSSR count). The van der Waals surface area contributed by atoms with E-state index in [-0.39, 0.29) is 5.91 Å². The van der Waals surface area contributed by atoms with Gasteiger partial charge in [-0.15, -0.1) is 11.3 Å². The molecule has 3 heterocycles. The quantitative estimate of drug-likeness (QED) is 0.898. The predicted octanol–water partition coefficient (Wildman–Crippen LogP) is 2.36. The molecule has 1 N–H and O–H groups in total. The van der Waals surface area contributed by atoms with Crippen LogP contribution in [0.3, 0.4) is 0 Å². The van der Waals surface area contributed by atoms with Crippen LogP contribution in [0, 0.1) is 13.8 Å². The number of hydrogen-bond acceptors (Lipinski definition) is 6. The molecule has 7 nitrogen and oxygen atoms in total. The van der Waals surface area contributed by atoms with Crippen LogP contribution in [0.4, 0.5) is 5.13 Å². The minimum absolute atomic E-state index is 0.0798. The summed E-state index contributed by atoms with van der Waals surface area (Å²) >= 11 is 1.48. The van der Waals surface area contributed by atoms with Crippen molar-refractivity contribution in [3.63, 3.8) is 0 Å². The number of carbonyl (C=O) groups excluding carboxylic acids is 1. The zero-order valence-electron chi connectivity index (χ0n) is 14.4. The summed E-state index contributed by atoms with van der Waals surface area (Å²) in [6, 6.07) is 0.449. The van der Waals surface area contributed by atoms with Gasteiger partial charge < -0.3 is 5.32 Å². The van der Waals surface area contributed by atoms with E-state index in [1.807, 2.05) is 23.9 Å². The molecule has 1 fully saturated rings. The lowest BCUT2D eigenvalue weighted by molar-refractivity contribution is -0.114. The summed E-state index contributed by atoms with van der Waals surface area (Å²) in [7, 11) is 0. The minimum Gasteiger partial charge on any atom is -0.302 e. The number of rotatable bonds is 5. The van der Waals surface area contributed by atoms with Crippen LogP contribution in [0.15, 0.2) is 5.38 Å². The van der Waals surface area contributed by atoms with Gasteiger partial charge in [-0.2, -0.15) is 5.10 Å².